The minimum atomic E-state index is 0.571. The molecule has 0 radical (unpaired) electrons. The molecule has 1 aromatic carbocycles. The zero-order chi connectivity index (χ0) is 11.5. The molecular weight excluding hydrogens is 315 g/mol. The van der Waals surface area contributed by atoms with Crippen LogP contribution >= 0.6 is 22.6 Å². The number of rotatable bonds is 3. The Balaban J connectivity index is 2.10. The minimum absolute atomic E-state index is 0.571. The van der Waals surface area contributed by atoms with E-state index < -0.39 is 0 Å². The summed E-state index contributed by atoms with van der Waals surface area (Å²) in [6, 6.07) is 8.11. The van der Waals surface area contributed by atoms with Crippen molar-refractivity contribution in [3.8, 4) is 5.88 Å². The number of hydrogen-bond acceptors (Lipinski definition) is 2. The zero-order valence-electron chi connectivity index (χ0n) is 9.27. The Labute approximate surface area is 109 Å². The first-order valence-corrected chi connectivity index (χ1v) is 6.11. The predicted octanol–water partition coefficient (Wildman–Crippen LogP) is 2.91. The standard InChI is InChI=1S/C12H13IN2O/c1-9-4-3-5-11(13)10(9)8-16-12-6-7-15(2)14-12/h3-7H,8H2,1-2H3. The van der Waals surface area contributed by atoms with Gasteiger partial charge in [-0.05, 0) is 41.1 Å². The average Bonchev–Trinajstić information content (AvgIpc) is 2.63. The smallest absolute Gasteiger partial charge is 0.233 e. The summed E-state index contributed by atoms with van der Waals surface area (Å²) in [6.07, 6.45) is 1.87. The van der Waals surface area contributed by atoms with Crippen LogP contribution in [0.4, 0.5) is 0 Å². The van der Waals surface area contributed by atoms with Crippen molar-refractivity contribution in [3.63, 3.8) is 0 Å². The third kappa shape index (κ3) is 2.55. The van der Waals surface area contributed by atoms with Gasteiger partial charge in [0.15, 0.2) is 0 Å². The van der Waals surface area contributed by atoms with Crippen molar-refractivity contribution >= 4 is 22.6 Å². The molecule has 0 aliphatic rings. The Bertz CT molecular complexity index is 473. The lowest BCUT2D eigenvalue weighted by Gasteiger charge is -2.08. The Hall–Kier alpha value is -1.04. The van der Waals surface area contributed by atoms with Crippen molar-refractivity contribution in [2.24, 2.45) is 7.05 Å². The second-order valence-electron chi connectivity index (χ2n) is 3.65. The molecule has 2 rings (SSSR count). The summed E-state index contributed by atoms with van der Waals surface area (Å²) in [5.74, 6) is 0.668. The minimum Gasteiger partial charge on any atom is -0.472 e. The molecule has 0 aliphatic heterocycles. The van der Waals surface area contributed by atoms with Gasteiger partial charge in [-0.3, -0.25) is 4.68 Å². The lowest BCUT2D eigenvalue weighted by atomic mass is 10.1. The highest BCUT2D eigenvalue weighted by Crippen LogP contribution is 2.18. The molecule has 0 fully saturated rings. The Morgan fingerprint density at radius 2 is 2.19 bits per heavy atom. The Kier molecular flexibility index (Phi) is 3.48. The first-order chi connectivity index (χ1) is 7.66. The lowest BCUT2D eigenvalue weighted by Crippen LogP contribution is -2.01. The molecular formula is C12H13IN2O. The van der Waals surface area contributed by atoms with Crippen LogP contribution in [0.5, 0.6) is 5.88 Å². The van der Waals surface area contributed by atoms with Gasteiger partial charge in [-0.1, -0.05) is 12.1 Å². The largest absolute Gasteiger partial charge is 0.472 e. The van der Waals surface area contributed by atoms with Crippen LogP contribution in [0, 0.1) is 10.5 Å². The predicted molar refractivity (Wildman–Crippen MR) is 71.4 cm³/mol. The van der Waals surface area contributed by atoms with Crippen LogP contribution in [0.1, 0.15) is 11.1 Å². The number of nitrogens with zero attached hydrogens (tertiary/aromatic N) is 2. The van der Waals surface area contributed by atoms with E-state index in [1.165, 1.54) is 14.7 Å². The van der Waals surface area contributed by atoms with E-state index in [2.05, 4.69) is 52.8 Å². The summed E-state index contributed by atoms with van der Waals surface area (Å²) in [4.78, 5) is 0. The molecule has 0 bridgehead atoms. The summed E-state index contributed by atoms with van der Waals surface area (Å²) in [7, 11) is 1.88. The summed E-state index contributed by atoms with van der Waals surface area (Å²) < 4.78 is 8.60. The molecule has 0 spiro atoms. The molecule has 0 unspecified atom stereocenters. The highest BCUT2D eigenvalue weighted by Gasteiger charge is 2.05. The van der Waals surface area contributed by atoms with Crippen molar-refractivity contribution in [1.29, 1.82) is 0 Å². The van der Waals surface area contributed by atoms with E-state index in [0.29, 0.717) is 12.5 Å². The first-order valence-electron chi connectivity index (χ1n) is 5.03. The van der Waals surface area contributed by atoms with E-state index in [0.717, 1.165) is 0 Å². The van der Waals surface area contributed by atoms with Gasteiger partial charge in [0.05, 0.1) is 0 Å². The summed E-state index contributed by atoms with van der Waals surface area (Å²) in [6.45, 7) is 2.67. The van der Waals surface area contributed by atoms with Crippen molar-refractivity contribution < 1.29 is 4.74 Å². The van der Waals surface area contributed by atoms with Crippen molar-refractivity contribution in [2.75, 3.05) is 0 Å². The van der Waals surface area contributed by atoms with E-state index in [1.54, 1.807) is 4.68 Å². The second kappa shape index (κ2) is 4.86. The zero-order valence-corrected chi connectivity index (χ0v) is 11.4. The van der Waals surface area contributed by atoms with E-state index in [-0.39, 0.29) is 0 Å². The van der Waals surface area contributed by atoms with Crippen LogP contribution in [0.2, 0.25) is 0 Å². The number of benzene rings is 1. The first kappa shape index (κ1) is 11.4. The van der Waals surface area contributed by atoms with Gasteiger partial charge in [-0.25, -0.2) is 0 Å². The summed E-state index contributed by atoms with van der Waals surface area (Å²) >= 11 is 2.33. The fraction of sp³-hybridized carbons (Fsp3) is 0.250. The quantitative estimate of drug-likeness (QED) is 0.810. The molecule has 3 nitrogen and oxygen atoms in total. The van der Waals surface area contributed by atoms with Crippen molar-refractivity contribution in [2.45, 2.75) is 13.5 Å². The summed E-state index contributed by atoms with van der Waals surface area (Å²) in [5.41, 5.74) is 2.48. The maximum atomic E-state index is 5.64. The fourth-order valence-corrected chi connectivity index (χ4v) is 2.25. The van der Waals surface area contributed by atoms with Crippen LogP contribution in [-0.2, 0) is 13.7 Å². The monoisotopic (exact) mass is 328 g/mol. The van der Waals surface area contributed by atoms with E-state index in [4.69, 9.17) is 4.74 Å². The third-order valence-electron chi connectivity index (χ3n) is 2.41. The number of aromatic nitrogens is 2. The van der Waals surface area contributed by atoms with Gasteiger partial charge in [-0.2, -0.15) is 0 Å². The number of halogens is 1. The second-order valence-corrected chi connectivity index (χ2v) is 4.81. The van der Waals surface area contributed by atoms with Crippen molar-refractivity contribution in [1.82, 2.24) is 9.78 Å². The molecule has 1 aromatic heterocycles. The van der Waals surface area contributed by atoms with Gasteiger partial charge >= 0.3 is 0 Å². The molecule has 2 aromatic rings. The number of ether oxygens (including phenoxy) is 1. The molecule has 0 saturated heterocycles. The molecule has 0 amide bonds. The lowest BCUT2D eigenvalue weighted by molar-refractivity contribution is 0.289. The van der Waals surface area contributed by atoms with Gasteiger partial charge in [0.1, 0.15) is 6.61 Å². The highest BCUT2D eigenvalue weighted by atomic mass is 127. The molecule has 4 heteroatoms. The van der Waals surface area contributed by atoms with Crippen molar-refractivity contribution in [3.05, 3.63) is 45.2 Å². The molecule has 16 heavy (non-hydrogen) atoms. The van der Waals surface area contributed by atoms with Crippen LogP contribution in [0.15, 0.2) is 30.5 Å². The Morgan fingerprint density at radius 1 is 1.38 bits per heavy atom. The molecule has 0 atom stereocenters. The third-order valence-corrected chi connectivity index (χ3v) is 3.42. The topological polar surface area (TPSA) is 27.1 Å². The highest BCUT2D eigenvalue weighted by molar-refractivity contribution is 14.1. The normalized spacial score (nSPS) is 10.4. The number of hydrogen-bond donors (Lipinski definition) is 0. The van der Waals surface area contributed by atoms with Gasteiger partial charge in [0, 0.05) is 28.4 Å². The SMILES string of the molecule is Cc1cccc(I)c1COc1ccn(C)n1. The maximum absolute atomic E-state index is 5.64. The molecule has 0 aliphatic carbocycles. The molecule has 0 saturated carbocycles. The summed E-state index contributed by atoms with van der Waals surface area (Å²) in [5, 5.41) is 4.18. The van der Waals surface area contributed by atoms with Gasteiger partial charge in [0.25, 0.3) is 0 Å². The van der Waals surface area contributed by atoms with E-state index >= 15 is 0 Å². The number of aryl methyl sites for hydroxylation is 2. The van der Waals surface area contributed by atoms with Crippen LogP contribution in [0.3, 0.4) is 0 Å². The molecule has 84 valence electrons. The molecule has 1 heterocycles. The fourth-order valence-electron chi connectivity index (χ4n) is 1.47. The Morgan fingerprint density at radius 3 is 2.81 bits per heavy atom. The van der Waals surface area contributed by atoms with Crippen LogP contribution < -0.4 is 4.74 Å². The van der Waals surface area contributed by atoms with Crippen LogP contribution in [0.25, 0.3) is 0 Å². The average molecular weight is 328 g/mol. The van der Waals surface area contributed by atoms with Gasteiger partial charge < -0.3 is 4.74 Å². The maximum Gasteiger partial charge on any atom is 0.233 e. The van der Waals surface area contributed by atoms with Gasteiger partial charge in [-0.15, -0.1) is 5.10 Å². The van der Waals surface area contributed by atoms with Gasteiger partial charge in [0.2, 0.25) is 5.88 Å². The molecule has 0 N–H and O–H groups in total. The van der Waals surface area contributed by atoms with Crippen LogP contribution in [-0.4, -0.2) is 9.78 Å². The van der Waals surface area contributed by atoms with E-state index in [9.17, 15) is 0 Å². The van der Waals surface area contributed by atoms with E-state index in [1.807, 2.05) is 19.3 Å².